The highest BCUT2D eigenvalue weighted by Crippen LogP contribution is 2.10. The number of carbonyl (C=O) groups excluding carboxylic acids is 1. The van der Waals surface area contributed by atoms with Gasteiger partial charge in [-0.25, -0.2) is 4.98 Å². The van der Waals surface area contributed by atoms with Gasteiger partial charge in [-0.05, 0) is 6.42 Å². The number of hydrogen-bond acceptors (Lipinski definition) is 4. The number of aromatic nitrogens is 2. The van der Waals surface area contributed by atoms with Gasteiger partial charge in [0, 0.05) is 38.9 Å². The lowest BCUT2D eigenvalue weighted by molar-refractivity contribution is -0.124. The second-order valence-corrected chi connectivity index (χ2v) is 4.67. The van der Waals surface area contributed by atoms with Gasteiger partial charge in [-0.15, -0.1) is 0 Å². The molecule has 100 valence electrons. The average molecular weight is 251 g/mol. The maximum Gasteiger partial charge on any atom is 0.236 e. The Balaban J connectivity index is 2.06. The maximum atomic E-state index is 11.4. The summed E-state index contributed by atoms with van der Waals surface area (Å²) in [4.78, 5) is 17.7. The van der Waals surface area contributed by atoms with E-state index in [9.17, 15) is 4.79 Å². The van der Waals surface area contributed by atoms with E-state index in [1.807, 2.05) is 12.5 Å². The van der Waals surface area contributed by atoms with Crippen molar-refractivity contribution in [2.75, 3.05) is 19.6 Å². The van der Waals surface area contributed by atoms with Gasteiger partial charge in [-0.3, -0.25) is 9.69 Å². The SMILES string of the molecule is CCCn1cncc1CN1CCNCC1C(N)=O. The molecule has 0 saturated carbocycles. The van der Waals surface area contributed by atoms with Crippen molar-refractivity contribution in [3.8, 4) is 0 Å². The molecule has 1 aliphatic rings. The normalized spacial score (nSPS) is 21.1. The molecule has 1 aliphatic heterocycles. The lowest BCUT2D eigenvalue weighted by atomic mass is 10.1. The van der Waals surface area contributed by atoms with Gasteiger partial charge in [0.25, 0.3) is 0 Å². The van der Waals surface area contributed by atoms with Crippen LogP contribution in [0, 0.1) is 0 Å². The molecular weight excluding hydrogens is 230 g/mol. The summed E-state index contributed by atoms with van der Waals surface area (Å²) < 4.78 is 2.14. The second-order valence-electron chi connectivity index (χ2n) is 4.67. The van der Waals surface area contributed by atoms with Crippen molar-refractivity contribution < 1.29 is 4.79 Å². The maximum absolute atomic E-state index is 11.4. The van der Waals surface area contributed by atoms with E-state index in [1.165, 1.54) is 0 Å². The molecule has 6 nitrogen and oxygen atoms in total. The number of piperazine rings is 1. The zero-order chi connectivity index (χ0) is 13.0. The van der Waals surface area contributed by atoms with Crippen LogP contribution in [-0.2, 0) is 17.9 Å². The Morgan fingerprint density at radius 3 is 3.22 bits per heavy atom. The molecule has 0 bridgehead atoms. The Morgan fingerprint density at radius 2 is 2.50 bits per heavy atom. The number of amides is 1. The van der Waals surface area contributed by atoms with Crippen molar-refractivity contribution in [1.82, 2.24) is 19.8 Å². The fourth-order valence-corrected chi connectivity index (χ4v) is 2.35. The molecule has 0 radical (unpaired) electrons. The van der Waals surface area contributed by atoms with E-state index in [-0.39, 0.29) is 11.9 Å². The molecule has 0 spiro atoms. The molecule has 1 aromatic rings. The van der Waals surface area contributed by atoms with Crippen LogP contribution in [0.5, 0.6) is 0 Å². The summed E-state index contributed by atoms with van der Waals surface area (Å²) >= 11 is 0. The van der Waals surface area contributed by atoms with E-state index >= 15 is 0 Å². The molecule has 2 heterocycles. The first kappa shape index (κ1) is 13.0. The van der Waals surface area contributed by atoms with Crippen molar-refractivity contribution in [3.05, 3.63) is 18.2 Å². The van der Waals surface area contributed by atoms with E-state index in [0.29, 0.717) is 6.54 Å². The van der Waals surface area contributed by atoms with Crippen LogP contribution in [0.3, 0.4) is 0 Å². The van der Waals surface area contributed by atoms with Crippen LogP contribution in [0.2, 0.25) is 0 Å². The molecule has 1 aromatic heterocycles. The Bertz CT molecular complexity index is 403. The largest absolute Gasteiger partial charge is 0.368 e. The summed E-state index contributed by atoms with van der Waals surface area (Å²) in [6.07, 6.45) is 4.79. The molecule has 1 saturated heterocycles. The first-order valence-corrected chi connectivity index (χ1v) is 6.45. The summed E-state index contributed by atoms with van der Waals surface area (Å²) in [6, 6.07) is -0.219. The van der Waals surface area contributed by atoms with Gasteiger partial charge in [0.15, 0.2) is 0 Å². The molecular formula is C12H21N5O. The van der Waals surface area contributed by atoms with E-state index in [4.69, 9.17) is 5.73 Å². The number of rotatable bonds is 5. The summed E-state index contributed by atoms with van der Waals surface area (Å²) in [7, 11) is 0. The number of hydrogen-bond donors (Lipinski definition) is 2. The van der Waals surface area contributed by atoms with Crippen LogP contribution >= 0.6 is 0 Å². The Morgan fingerprint density at radius 1 is 1.67 bits per heavy atom. The smallest absolute Gasteiger partial charge is 0.236 e. The predicted molar refractivity (Wildman–Crippen MR) is 68.8 cm³/mol. The minimum absolute atomic E-state index is 0.219. The highest BCUT2D eigenvalue weighted by Gasteiger charge is 2.27. The van der Waals surface area contributed by atoms with E-state index in [0.717, 1.165) is 38.3 Å². The van der Waals surface area contributed by atoms with E-state index in [1.54, 1.807) is 0 Å². The van der Waals surface area contributed by atoms with Gasteiger partial charge in [0.1, 0.15) is 6.04 Å². The fourth-order valence-electron chi connectivity index (χ4n) is 2.35. The first-order valence-electron chi connectivity index (χ1n) is 6.45. The molecule has 1 amide bonds. The quantitative estimate of drug-likeness (QED) is 0.743. The van der Waals surface area contributed by atoms with Crippen LogP contribution in [0.4, 0.5) is 0 Å². The standard InChI is InChI=1S/C12H21N5O/c1-2-4-17-9-15-6-10(17)8-16-5-3-14-7-11(16)12(13)18/h6,9,11,14H,2-5,7-8H2,1H3,(H2,13,18). The molecule has 1 fully saturated rings. The number of nitrogens with two attached hydrogens (primary N) is 1. The van der Waals surface area contributed by atoms with Gasteiger partial charge in [-0.1, -0.05) is 6.92 Å². The third-order valence-electron chi connectivity index (χ3n) is 3.31. The zero-order valence-corrected chi connectivity index (χ0v) is 10.8. The molecule has 18 heavy (non-hydrogen) atoms. The Labute approximate surface area is 107 Å². The molecule has 1 unspecified atom stereocenters. The molecule has 3 N–H and O–H groups in total. The second kappa shape index (κ2) is 5.97. The van der Waals surface area contributed by atoms with Gasteiger partial charge >= 0.3 is 0 Å². The highest BCUT2D eigenvalue weighted by molar-refractivity contribution is 5.80. The first-order chi connectivity index (χ1) is 8.72. The summed E-state index contributed by atoms with van der Waals surface area (Å²) in [5, 5.41) is 3.20. The zero-order valence-electron chi connectivity index (χ0n) is 10.8. The minimum atomic E-state index is -0.260. The van der Waals surface area contributed by atoms with Crippen LogP contribution in [0.25, 0.3) is 0 Å². The molecule has 2 rings (SSSR count). The lowest BCUT2D eigenvalue weighted by Gasteiger charge is -2.34. The van der Waals surface area contributed by atoms with Crippen LogP contribution in [0.15, 0.2) is 12.5 Å². The van der Waals surface area contributed by atoms with Crippen LogP contribution in [0.1, 0.15) is 19.0 Å². The van der Waals surface area contributed by atoms with Gasteiger partial charge < -0.3 is 15.6 Å². The minimum Gasteiger partial charge on any atom is -0.368 e. The third kappa shape index (κ3) is 2.88. The molecule has 6 heteroatoms. The lowest BCUT2D eigenvalue weighted by Crippen LogP contribution is -2.56. The topological polar surface area (TPSA) is 76.2 Å². The number of carbonyl (C=O) groups is 1. The summed E-state index contributed by atoms with van der Waals surface area (Å²) in [5.41, 5.74) is 6.58. The molecule has 0 aromatic carbocycles. The molecule has 0 aliphatic carbocycles. The van der Waals surface area contributed by atoms with Gasteiger partial charge in [0.2, 0.25) is 5.91 Å². The van der Waals surface area contributed by atoms with Gasteiger partial charge in [-0.2, -0.15) is 0 Å². The number of primary amides is 1. The summed E-state index contributed by atoms with van der Waals surface area (Å²) in [5.74, 6) is -0.260. The van der Waals surface area contributed by atoms with Crippen molar-refractivity contribution in [1.29, 1.82) is 0 Å². The van der Waals surface area contributed by atoms with Crippen molar-refractivity contribution in [3.63, 3.8) is 0 Å². The van der Waals surface area contributed by atoms with Crippen molar-refractivity contribution >= 4 is 5.91 Å². The van der Waals surface area contributed by atoms with Crippen LogP contribution < -0.4 is 11.1 Å². The highest BCUT2D eigenvalue weighted by atomic mass is 16.1. The van der Waals surface area contributed by atoms with E-state index < -0.39 is 0 Å². The monoisotopic (exact) mass is 251 g/mol. The van der Waals surface area contributed by atoms with E-state index in [2.05, 4.69) is 26.7 Å². The summed E-state index contributed by atoms with van der Waals surface area (Å²) in [6.45, 7) is 6.20. The van der Waals surface area contributed by atoms with Crippen molar-refractivity contribution in [2.45, 2.75) is 32.5 Å². The Hall–Kier alpha value is -1.40. The average Bonchev–Trinajstić information content (AvgIpc) is 2.78. The van der Waals surface area contributed by atoms with Crippen LogP contribution in [-0.4, -0.2) is 46.0 Å². The third-order valence-corrected chi connectivity index (χ3v) is 3.31. The molecule has 1 atom stereocenters. The number of nitrogens with zero attached hydrogens (tertiary/aromatic N) is 3. The number of nitrogens with one attached hydrogen (secondary N) is 1. The Kier molecular flexibility index (Phi) is 4.33. The van der Waals surface area contributed by atoms with Crippen molar-refractivity contribution in [2.24, 2.45) is 5.73 Å². The predicted octanol–water partition coefficient (Wildman–Crippen LogP) is -0.448. The number of imidazole rings is 1. The number of aryl methyl sites for hydroxylation is 1. The fraction of sp³-hybridized carbons (Fsp3) is 0.667. The van der Waals surface area contributed by atoms with Gasteiger partial charge in [0.05, 0.1) is 12.0 Å².